The number of benzene rings is 2. The third-order valence-corrected chi connectivity index (χ3v) is 4.92. The number of anilines is 2. The quantitative estimate of drug-likeness (QED) is 0.733. The summed E-state index contributed by atoms with van der Waals surface area (Å²) >= 11 is 6.17. The van der Waals surface area contributed by atoms with Crippen molar-refractivity contribution < 1.29 is 14.3 Å². The monoisotopic (exact) mass is 387 g/mol. The molecule has 2 aromatic carbocycles. The highest BCUT2D eigenvalue weighted by Crippen LogP contribution is 2.23. The summed E-state index contributed by atoms with van der Waals surface area (Å²) in [7, 11) is 0. The number of hydrogen-bond acceptors (Lipinski definition) is 4. The van der Waals surface area contributed by atoms with Crippen molar-refractivity contribution in [3.8, 4) is 0 Å². The van der Waals surface area contributed by atoms with E-state index in [4.69, 9.17) is 22.1 Å². The molecule has 0 aromatic heterocycles. The molecule has 1 atom stereocenters. The van der Waals surface area contributed by atoms with Gasteiger partial charge in [0.1, 0.15) is 0 Å². The molecule has 7 heteroatoms. The standard InChI is InChI=1S/C20H22ClN3O3/c21-17-7-6-15(24-20(26)18(22)13-8-10-27-11-9-13)12-16(17)19(25)23-14-4-2-1-3-5-14/h1-7,12-13,18H,8-11,22H2,(H,23,25)(H,24,26). The molecule has 4 N–H and O–H groups in total. The maximum atomic E-state index is 12.5. The molecule has 27 heavy (non-hydrogen) atoms. The fraction of sp³-hybridized carbons (Fsp3) is 0.300. The first-order valence-corrected chi connectivity index (χ1v) is 9.22. The van der Waals surface area contributed by atoms with E-state index in [2.05, 4.69) is 10.6 Å². The average Bonchev–Trinajstić information content (AvgIpc) is 2.70. The first-order chi connectivity index (χ1) is 13.0. The first kappa shape index (κ1) is 19.4. The minimum absolute atomic E-state index is 0.0897. The molecule has 1 aliphatic heterocycles. The van der Waals surface area contributed by atoms with Crippen LogP contribution in [0.2, 0.25) is 5.02 Å². The van der Waals surface area contributed by atoms with Crippen LogP contribution in [0.4, 0.5) is 11.4 Å². The summed E-state index contributed by atoms with van der Waals surface area (Å²) < 4.78 is 5.31. The number of carbonyl (C=O) groups excluding carboxylic acids is 2. The van der Waals surface area contributed by atoms with Gasteiger partial charge >= 0.3 is 0 Å². The second kappa shape index (κ2) is 8.99. The number of rotatable bonds is 5. The minimum Gasteiger partial charge on any atom is -0.381 e. The van der Waals surface area contributed by atoms with Crippen molar-refractivity contribution >= 4 is 34.8 Å². The van der Waals surface area contributed by atoms with E-state index in [1.165, 1.54) is 0 Å². The van der Waals surface area contributed by atoms with Crippen LogP contribution >= 0.6 is 11.6 Å². The highest BCUT2D eigenvalue weighted by atomic mass is 35.5. The molecule has 0 radical (unpaired) electrons. The molecule has 0 bridgehead atoms. The number of ether oxygens (including phenoxy) is 1. The molecule has 1 aliphatic rings. The SMILES string of the molecule is NC(C(=O)Nc1ccc(Cl)c(C(=O)Nc2ccccc2)c1)C1CCOCC1. The number of halogens is 1. The zero-order valence-electron chi connectivity index (χ0n) is 14.8. The molecule has 3 rings (SSSR count). The normalized spacial score (nSPS) is 15.8. The van der Waals surface area contributed by atoms with Crippen molar-refractivity contribution in [3.63, 3.8) is 0 Å². The Morgan fingerprint density at radius 3 is 2.44 bits per heavy atom. The molecule has 0 spiro atoms. The van der Waals surface area contributed by atoms with E-state index in [1.807, 2.05) is 18.2 Å². The third kappa shape index (κ3) is 5.07. The highest BCUT2D eigenvalue weighted by Gasteiger charge is 2.26. The van der Waals surface area contributed by atoms with Crippen LogP contribution in [-0.2, 0) is 9.53 Å². The Kier molecular flexibility index (Phi) is 6.45. The molecule has 1 saturated heterocycles. The number of nitrogens with one attached hydrogen (secondary N) is 2. The zero-order valence-corrected chi connectivity index (χ0v) is 15.5. The zero-order chi connectivity index (χ0) is 19.2. The molecule has 0 aliphatic carbocycles. The van der Waals surface area contributed by atoms with E-state index in [0.29, 0.717) is 29.6 Å². The largest absolute Gasteiger partial charge is 0.381 e. The van der Waals surface area contributed by atoms with Crippen molar-refractivity contribution in [1.29, 1.82) is 0 Å². The molecule has 1 unspecified atom stereocenters. The summed E-state index contributed by atoms with van der Waals surface area (Å²) in [5.74, 6) is -0.540. The van der Waals surface area contributed by atoms with Gasteiger partial charge in [0.05, 0.1) is 16.6 Å². The molecule has 0 saturated carbocycles. The Hall–Kier alpha value is -2.41. The molecular weight excluding hydrogens is 366 g/mol. The van der Waals surface area contributed by atoms with E-state index in [9.17, 15) is 9.59 Å². The second-order valence-electron chi connectivity index (χ2n) is 6.48. The lowest BCUT2D eigenvalue weighted by atomic mass is 9.92. The predicted octanol–water partition coefficient (Wildman–Crippen LogP) is 3.28. The highest BCUT2D eigenvalue weighted by molar-refractivity contribution is 6.34. The summed E-state index contributed by atoms with van der Waals surface area (Å²) in [6.07, 6.45) is 1.53. The number of amides is 2. The molecule has 1 fully saturated rings. The van der Waals surface area contributed by atoms with E-state index >= 15 is 0 Å². The fourth-order valence-electron chi connectivity index (χ4n) is 3.01. The van der Waals surface area contributed by atoms with E-state index < -0.39 is 6.04 Å². The Bertz CT molecular complexity index is 807. The van der Waals surface area contributed by atoms with Crippen LogP contribution in [-0.4, -0.2) is 31.1 Å². The van der Waals surface area contributed by atoms with E-state index in [1.54, 1.807) is 30.3 Å². The van der Waals surface area contributed by atoms with Gasteiger partial charge in [-0.1, -0.05) is 29.8 Å². The average molecular weight is 388 g/mol. The van der Waals surface area contributed by atoms with Gasteiger partial charge < -0.3 is 21.1 Å². The minimum atomic E-state index is -0.619. The fourth-order valence-corrected chi connectivity index (χ4v) is 3.21. The summed E-state index contributed by atoms with van der Waals surface area (Å²) in [5, 5.41) is 5.86. The van der Waals surface area contributed by atoms with Gasteiger partial charge in [0, 0.05) is 24.6 Å². The van der Waals surface area contributed by atoms with Crippen molar-refractivity contribution in [1.82, 2.24) is 0 Å². The van der Waals surface area contributed by atoms with Gasteiger partial charge in [0.2, 0.25) is 5.91 Å². The molecular formula is C20H22ClN3O3. The van der Waals surface area contributed by atoms with Crippen molar-refractivity contribution in [2.45, 2.75) is 18.9 Å². The maximum absolute atomic E-state index is 12.5. The molecule has 2 aromatic rings. The summed E-state index contributed by atoms with van der Waals surface area (Å²) in [5.41, 5.74) is 7.51. The molecule has 1 heterocycles. The van der Waals surface area contributed by atoms with Crippen molar-refractivity contribution in [2.24, 2.45) is 11.7 Å². The lowest BCUT2D eigenvalue weighted by molar-refractivity contribution is -0.119. The van der Waals surface area contributed by atoms with Crippen LogP contribution in [0.25, 0.3) is 0 Å². The maximum Gasteiger partial charge on any atom is 0.257 e. The Labute approximate surface area is 163 Å². The lowest BCUT2D eigenvalue weighted by Gasteiger charge is -2.26. The number of hydrogen-bond donors (Lipinski definition) is 3. The van der Waals surface area contributed by atoms with Gasteiger partial charge in [-0.3, -0.25) is 9.59 Å². The topological polar surface area (TPSA) is 93.5 Å². The molecule has 142 valence electrons. The van der Waals surface area contributed by atoms with Gasteiger partial charge in [-0.05, 0) is 49.1 Å². The second-order valence-corrected chi connectivity index (χ2v) is 6.89. The first-order valence-electron chi connectivity index (χ1n) is 8.85. The van der Waals surface area contributed by atoms with Crippen LogP contribution in [0.3, 0.4) is 0 Å². The Morgan fingerprint density at radius 2 is 1.74 bits per heavy atom. The smallest absolute Gasteiger partial charge is 0.257 e. The van der Waals surface area contributed by atoms with E-state index in [-0.39, 0.29) is 23.3 Å². The van der Waals surface area contributed by atoms with Crippen LogP contribution in [0.15, 0.2) is 48.5 Å². The van der Waals surface area contributed by atoms with Crippen LogP contribution < -0.4 is 16.4 Å². The van der Waals surface area contributed by atoms with Crippen molar-refractivity contribution in [3.05, 3.63) is 59.1 Å². The van der Waals surface area contributed by atoms with Gasteiger partial charge in [0.25, 0.3) is 5.91 Å². The van der Waals surface area contributed by atoms with Crippen LogP contribution in [0.1, 0.15) is 23.2 Å². The lowest BCUT2D eigenvalue weighted by Crippen LogP contribution is -2.44. The predicted molar refractivity (Wildman–Crippen MR) is 106 cm³/mol. The van der Waals surface area contributed by atoms with Crippen LogP contribution in [0.5, 0.6) is 0 Å². The van der Waals surface area contributed by atoms with Gasteiger partial charge in [-0.2, -0.15) is 0 Å². The molecule has 2 amide bonds. The Balaban J connectivity index is 1.69. The van der Waals surface area contributed by atoms with E-state index in [0.717, 1.165) is 12.8 Å². The summed E-state index contributed by atoms with van der Waals surface area (Å²) in [6, 6.07) is 13.2. The van der Waals surface area contributed by atoms with Crippen molar-refractivity contribution in [2.75, 3.05) is 23.8 Å². The number of para-hydroxylation sites is 1. The third-order valence-electron chi connectivity index (χ3n) is 4.59. The van der Waals surface area contributed by atoms with Crippen LogP contribution in [0, 0.1) is 5.92 Å². The Morgan fingerprint density at radius 1 is 1.04 bits per heavy atom. The van der Waals surface area contributed by atoms with Gasteiger partial charge in [-0.25, -0.2) is 0 Å². The summed E-state index contributed by atoms with van der Waals surface area (Å²) in [4.78, 5) is 25.0. The molecule has 6 nitrogen and oxygen atoms in total. The summed E-state index contributed by atoms with van der Waals surface area (Å²) in [6.45, 7) is 1.24. The van der Waals surface area contributed by atoms with Gasteiger partial charge in [0.15, 0.2) is 0 Å². The number of carbonyl (C=O) groups is 2. The number of nitrogens with two attached hydrogens (primary N) is 1. The van der Waals surface area contributed by atoms with Gasteiger partial charge in [-0.15, -0.1) is 0 Å².